The van der Waals surface area contributed by atoms with Crippen LogP contribution < -0.4 is 11.2 Å². The average molecular weight is 268 g/mol. The fourth-order valence-electron chi connectivity index (χ4n) is 2.12. The molecule has 1 aromatic rings. The van der Waals surface area contributed by atoms with Crippen LogP contribution in [0.4, 0.5) is 0 Å². The monoisotopic (exact) mass is 268 g/mol. The van der Waals surface area contributed by atoms with Crippen molar-refractivity contribution < 1.29 is 14.9 Å². The molecule has 3 atom stereocenters. The number of nitrogens with one attached hydrogen (secondary N) is 1. The zero-order valence-electron chi connectivity index (χ0n) is 10.7. The molecule has 0 aromatic carbocycles. The largest absolute Gasteiger partial charge is 0.394 e. The molecule has 0 spiro atoms. The summed E-state index contributed by atoms with van der Waals surface area (Å²) in [5.74, 6) is 0. The van der Waals surface area contributed by atoms with Crippen LogP contribution in [0.1, 0.15) is 18.7 Å². The van der Waals surface area contributed by atoms with Gasteiger partial charge < -0.3 is 14.9 Å². The molecule has 0 aliphatic carbocycles. The smallest absolute Gasteiger partial charge is 0.330 e. The van der Waals surface area contributed by atoms with Crippen molar-refractivity contribution in [3.63, 3.8) is 0 Å². The van der Waals surface area contributed by atoms with E-state index < -0.39 is 29.7 Å². The van der Waals surface area contributed by atoms with E-state index in [1.807, 2.05) is 0 Å². The second-order valence-electron chi connectivity index (χ2n) is 4.42. The van der Waals surface area contributed by atoms with Gasteiger partial charge in [-0.15, -0.1) is 0 Å². The zero-order chi connectivity index (χ0) is 14.2. The minimum atomic E-state index is -0.973. The molecular formula is C12H16N2O5. The first kappa shape index (κ1) is 13.7. The molecule has 104 valence electrons. The van der Waals surface area contributed by atoms with E-state index in [4.69, 9.17) is 9.84 Å². The molecule has 2 heterocycles. The van der Waals surface area contributed by atoms with E-state index >= 15 is 0 Å². The number of aromatic amines is 1. The van der Waals surface area contributed by atoms with Crippen LogP contribution in [-0.2, 0) is 4.74 Å². The molecule has 0 amide bonds. The van der Waals surface area contributed by atoms with Gasteiger partial charge in [-0.2, -0.15) is 0 Å². The lowest BCUT2D eigenvalue weighted by Gasteiger charge is -2.15. The highest BCUT2D eigenvalue weighted by Gasteiger charge is 2.39. The lowest BCUT2D eigenvalue weighted by molar-refractivity contribution is -0.0448. The van der Waals surface area contributed by atoms with Gasteiger partial charge in [0, 0.05) is 17.3 Å². The number of rotatable bonds is 2. The van der Waals surface area contributed by atoms with Gasteiger partial charge in [0.15, 0.2) is 6.23 Å². The number of hydrogen-bond acceptors (Lipinski definition) is 5. The maximum atomic E-state index is 11.8. The molecule has 1 saturated heterocycles. The lowest BCUT2D eigenvalue weighted by Crippen LogP contribution is -2.34. The first-order chi connectivity index (χ1) is 8.99. The minimum absolute atomic E-state index is 0.355. The van der Waals surface area contributed by atoms with Gasteiger partial charge in [0.05, 0.1) is 6.61 Å². The fourth-order valence-corrected chi connectivity index (χ4v) is 2.12. The Kier molecular flexibility index (Phi) is 3.70. The third-order valence-corrected chi connectivity index (χ3v) is 3.19. The van der Waals surface area contributed by atoms with E-state index in [1.165, 1.54) is 10.8 Å². The molecule has 0 radical (unpaired) electrons. The molecule has 0 unspecified atom stereocenters. The van der Waals surface area contributed by atoms with Crippen molar-refractivity contribution in [1.82, 2.24) is 9.55 Å². The minimum Gasteiger partial charge on any atom is -0.394 e. The summed E-state index contributed by atoms with van der Waals surface area (Å²) in [5.41, 5.74) is -0.237. The number of allylic oxidation sites excluding steroid dienone is 1. The number of aromatic nitrogens is 2. The highest BCUT2D eigenvalue weighted by Crippen LogP contribution is 2.32. The number of aliphatic hydroxyl groups is 2. The average Bonchev–Trinajstić information content (AvgIpc) is 2.70. The van der Waals surface area contributed by atoms with Crippen LogP contribution in [-0.4, -0.2) is 38.6 Å². The van der Waals surface area contributed by atoms with Crippen LogP contribution in [0.2, 0.25) is 0 Å². The highest BCUT2D eigenvalue weighted by molar-refractivity contribution is 5.19. The van der Waals surface area contributed by atoms with Gasteiger partial charge in [-0.3, -0.25) is 14.3 Å². The topological polar surface area (TPSA) is 105 Å². The quantitative estimate of drug-likeness (QED) is 0.599. The Bertz CT molecular complexity index is 615. The zero-order valence-corrected chi connectivity index (χ0v) is 10.7. The van der Waals surface area contributed by atoms with Crippen LogP contribution in [0.5, 0.6) is 0 Å². The maximum absolute atomic E-state index is 11.8. The van der Waals surface area contributed by atoms with E-state index in [-0.39, 0.29) is 6.61 Å². The number of ether oxygens (including phenoxy) is 1. The van der Waals surface area contributed by atoms with Crippen LogP contribution in [0.15, 0.2) is 27.4 Å². The van der Waals surface area contributed by atoms with Crippen LogP contribution in [0.25, 0.3) is 0 Å². The lowest BCUT2D eigenvalue weighted by atomic mass is 10.1. The van der Waals surface area contributed by atoms with Crippen molar-refractivity contribution >= 4 is 0 Å². The number of H-pyrrole nitrogens is 1. The van der Waals surface area contributed by atoms with Crippen LogP contribution in [0.3, 0.4) is 0 Å². The van der Waals surface area contributed by atoms with Crippen molar-refractivity contribution in [2.75, 3.05) is 6.61 Å². The summed E-state index contributed by atoms with van der Waals surface area (Å²) in [6, 6.07) is 0. The second-order valence-corrected chi connectivity index (χ2v) is 4.42. The molecule has 1 fully saturated rings. The Hall–Kier alpha value is -1.70. The van der Waals surface area contributed by atoms with Crippen molar-refractivity contribution in [3.05, 3.63) is 44.2 Å². The first-order valence-corrected chi connectivity index (χ1v) is 5.92. The summed E-state index contributed by atoms with van der Waals surface area (Å²) in [6.45, 7) is 2.92. The van der Waals surface area contributed by atoms with Crippen molar-refractivity contribution in [2.45, 2.75) is 32.3 Å². The Balaban J connectivity index is 2.50. The predicted octanol–water partition coefficient (Wildman–Crippen LogP) is -0.958. The third-order valence-electron chi connectivity index (χ3n) is 3.19. The summed E-state index contributed by atoms with van der Waals surface area (Å²) < 4.78 is 6.66. The summed E-state index contributed by atoms with van der Waals surface area (Å²) >= 11 is 0. The molecule has 7 heteroatoms. The molecule has 19 heavy (non-hydrogen) atoms. The van der Waals surface area contributed by atoms with Crippen LogP contribution in [0, 0.1) is 6.92 Å². The van der Waals surface area contributed by atoms with Gasteiger partial charge in [-0.05, 0) is 13.8 Å². The van der Waals surface area contributed by atoms with E-state index in [0.29, 0.717) is 11.1 Å². The molecule has 0 bridgehead atoms. The highest BCUT2D eigenvalue weighted by atomic mass is 16.5. The standard InChI is InChI=1S/C12H16N2O5/c1-3-7-9(16)8(5-15)19-11(7)14-4-6(2)10(17)13-12(14)18/h3-4,8-9,11,15-16H,5H2,1-2H3,(H,13,17,18)/t8-,9+,11-/m1/s1. The van der Waals surface area contributed by atoms with Gasteiger partial charge in [0.1, 0.15) is 12.2 Å². The van der Waals surface area contributed by atoms with Gasteiger partial charge in [-0.25, -0.2) is 4.79 Å². The SMILES string of the molecule is CC=C1[C@H](n2cc(C)c(=O)[nH]c2=O)O[C@H](CO)[C@H]1O. The first-order valence-electron chi connectivity index (χ1n) is 5.92. The van der Waals surface area contributed by atoms with Gasteiger partial charge in [0.25, 0.3) is 5.56 Å². The van der Waals surface area contributed by atoms with Gasteiger partial charge in [-0.1, -0.05) is 6.08 Å². The predicted molar refractivity (Wildman–Crippen MR) is 66.8 cm³/mol. The number of hydrogen-bond donors (Lipinski definition) is 3. The Morgan fingerprint density at radius 1 is 1.53 bits per heavy atom. The summed E-state index contributed by atoms with van der Waals surface area (Å²) in [7, 11) is 0. The molecular weight excluding hydrogens is 252 g/mol. The van der Waals surface area contributed by atoms with E-state index in [2.05, 4.69) is 4.98 Å². The Labute approximate surface area is 108 Å². The molecule has 3 N–H and O–H groups in total. The Morgan fingerprint density at radius 2 is 2.21 bits per heavy atom. The number of aryl methyl sites for hydroxylation is 1. The fraction of sp³-hybridized carbons (Fsp3) is 0.500. The third kappa shape index (κ3) is 2.27. The number of nitrogens with zero attached hydrogens (tertiary/aromatic N) is 1. The molecule has 0 saturated carbocycles. The summed E-state index contributed by atoms with van der Waals surface area (Å²) in [4.78, 5) is 25.3. The molecule has 7 nitrogen and oxygen atoms in total. The number of aliphatic hydroxyl groups excluding tert-OH is 2. The molecule has 1 aliphatic heterocycles. The summed E-state index contributed by atoms with van der Waals surface area (Å²) in [5, 5.41) is 19.1. The maximum Gasteiger partial charge on any atom is 0.330 e. The van der Waals surface area contributed by atoms with E-state index in [0.717, 1.165) is 0 Å². The summed E-state index contributed by atoms with van der Waals surface area (Å²) in [6.07, 6.45) is 0.439. The normalized spacial score (nSPS) is 29.1. The van der Waals surface area contributed by atoms with E-state index in [1.54, 1.807) is 19.9 Å². The van der Waals surface area contributed by atoms with Gasteiger partial charge >= 0.3 is 5.69 Å². The Morgan fingerprint density at radius 3 is 2.79 bits per heavy atom. The van der Waals surface area contributed by atoms with Crippen molar-refractivity contribution in [1.29, 1.82) is 0 Å². The molecule has 2 rings (SSSR count). The second kappa shape index (κ2) is 5.12. The molecule has 1 aromatic heterocycles. The molecule has 1 aliphatic rings. The van der Waals surface area contributed by atoms with Crippen molar-refractivity contribution in [2.24, 2.45) is 0 Å². The van der Waals surface area contributed by atoms with E-state index in [9.17, 15) is 14.7 Å². The van der Waals surface area contributed by atoms with Gasteiger partial charge in [0.2, 0.25) is 0 Å². The van der Waals surface area contributed by atoms with Crippen molar-refractivity contribution in [3.8, 4) is 0 Å². The van der Waals surface area contributed by atoms with Crippen LogP contribution >= 0.6 is 0 Å².